The van der Waals surface area contributed by atoms with Gasteiger partial charge in [-0.25, -0.2) is 0 Å². The van der Waals surface area contributed by atoms with Gasteiger partial charge in [0.05, 0.1) is 0 Å². The van der Waals surface area contributed by atoms with Crippen molar-refractivity contribution in [3.8, 4) is 0 Å². The van der Waals surface area contributed by atoms with Crippen LogP contribution in [0.15, 0.2) is 0 Å². The predicted molar refractivity (Wildman–Crippen MR) is 101 cm³/mol. The van der Waals surface area contributed by atoms with Crippen LogP contribution in [0.2, 0.25) is 13.1 Å². The second-order valence-electron chi connectivity index (χ2n) is 5.20. The smallest absolute Gasteiger partial charge is 0.371 e. The molecule has 0 amide bonds. The van der Waals surface area contributed by atoms with Crippen LogP contribution in [-0.2, 0) is 34.8 Å². The van der Waals surface area contributed by atoms with Crippen LogP contribution in [0.25, 0.3) is 0 Å². The minimum atomic E-state index is -3.31. The summed E-state index contributed by atoms with van der Waals surface area (Å²) >= 11 is 0. The Bertz CT molecular complexity index is 282. The summed E-state index contributed by atoms with van der Waals surface area (Å²) in [6, 6.07) is 0. The third kappa shape index (κ3) is 9.19. The lowest BCUT2D eigenvalue weighted by Gasteiger charge is -2.38. The Morgan fingerprint density at radius 1 is 0.440 bits per heavy atom. The SMILES string of the molecule is CCO[Si](OCC)(OCC)O[Si](C)(C)O[Si](OCC)(OCC)OCC. The monoisotopic (exact) mass is 416 g/mol. The van der Waals surface area contributed by atoms with Gasteiger partial charge in [-0.1, -0.05) is 0 Å². The second-order valence-corrected chi connectivity index (χ2v) is 13.4. The van der Waals surface area contributed by atoms with Crippen molar-refractivity contribution in [3.63, 3.8) is 0 Å². The maximum absolute atomic E-state index is 6.22. The first-order valence-electron chi connectivity index (χ1n) is 9.02. The molecule has 0 aromatic heterocycles. The molecule has 0 spiro atoms. The van der Waals surface area contributed by atoms with Gasteiger partial charge in [0, 0.05) is 39.6 Å². The summed E-state index contributed by atoms with van der Waals surface area (Å²) in [6.07, 6.45) is 0. The normalized spacial score (nSPS) is 13.4. The van der Waals surface area contributed by atoms with Gasteiger partial charge >= 0.3 is 26.7 Å². The number of rotatable bonds is 16. The molecule has 11 heteroatoms. The molecule has 0 aliphatic heterocycles. The van der Waals surface area contributed by atoms with E-state index < -0.39 is 26.7 Å². The molecule has 25 heavy (non-hydrogen) atoms. The molecule has 0 aliphatic carbocycles. The number of hydrogen-bond acceptors (Lipinski definition) is 8. The summed E-state index contributed by atoms with van der Waals surface area (Å²) in [5.74, 6) is 0. The molecular weight excluding hydrogens is 380 g/mol. The Labute approximate surface area is 156 Å². The summed E-state index contributed by atoms with van der Waals surface area (Å²) in [6.45, 7) is 17.5. The van der Waals surface area contributed by atoms with E-state index in [-0.39, 0.29) is 0 Å². The van der Waals surface area contributed by atoms with Gasteiger partial charge in [-0.3, -0.25) is 0 Å². The van der Waals surface area contributed by atoms with Gasteiger partial charge < -0.3 is 34.8 Å². The van der Waals surface area contributed by atoms with E-state index in [1.54, 1.807) is 0 Å². The third-order valence-corrected chi connectivity index (χ3v) is 12.5. The zero-order valence-electron chi connectivity index (χ0n) is 17.0. The molecule has 8 nitrogen and oxygen atoms in total. The van der Waals surface area contributed by atoms with E-state index in [0.717, 1.165) is 0 Å². The largest absolute Gasteiger partial charge is 0.670 e. The molecule has 0 aliphatic rings. The van der Waals surface area contributed by atoms with Crippen LogP contribution in [0.4, 0.5) is 0 Å². The van der Waals surface area contributed by atoms with E-state index in [9.17, 15) is 0 Å². The lowest BCUT2D eigenvalue weighted by atomic mass is 10.9. The Morgan fingerprint density at radius 2 is 0.640 bits per heavy atom. The van der Waals surface area contributed by atoms with Crippen molar-refractivity contribution in [3.05, 3.63) is 0 Å². The van der Waals surface area contributed by atoms with Crippen LogP contribution < -0.4 is 0 Å². The summed E-state index contributed by atoms with van der Waals surface area (Å²) < 4.78 is 47.0. The van der Waals surface area contributed by atoms with Gasteiger partial charge in [-0.2, -0.15) is 0 Å². The molecular formula is C14H36O8Si3. The lowest BCUT2D eigenvalue weighted by molar-refractivity contribution is -0.0189. The summed E-state index contributed by atoms with van der Waals surface area (Å²) in [5, 5.41) is 0. The van der Waals surface area contributed by atoms with Gasteiger partial charge in [0.1, 0.15) is 0 Å². The summed E-state index contributed by atoms with van der Waals surface area (Å²) in [5.41, 5.74) is 0. The zero-order chi connectivity index (χ0) is 19.4. The maximum atomic E-state index is 6.22. The van der Waals surface area contributed by atoms with Crippen molar-refractivity contribution in [1.29, 1.82) is 0 Å². The molecule has 0 heterocycles. The summed E-state index contributed by atoms with van der Waals surface area (Å²) in [4.78, 5) is 0. The topological polar surface area (TPSA) is 73.8 Å². The molecule has 0 N–H and O–H groups in total. The van der Waals surface area contributed by atoms with E-state index in [4.69, 9.17) is 34.8 Å². The van der Waals surface area contributed by atoms with Crippen LogP contribution in [0.1, 0.15) is 41.5 Å². The molecule has 152 valence electrons. The standard InChI is InChI=1S/C14H36O8Si3/c1-9-15-24(16-10-2,17-11-3)21-23(7,8)22-25(18-12-4,19-13-5)20-14-6/h9-14H2,1-8H3. The van der Waals surface area contributed by atoms with Crippen molar-refractivity contribution < 1.29 is 34.8 Å². The van der Waals surface area contributed by atoms with E-state index in [0.29, 0.717) is 39.6 Å². The van der Waals surface area contributed by atoms with Gasteiger partial charge in [-0.15, -0.1) is 0 Å². The molecule has 0 fully saturated rings. The first kappa shape index (κ1) is 25.3. The van der Waals surface area contributed by atoms with E-state index in [1.807, 2.05) is 54.6 Å². The Kier molecular flexibility index (Phi) is 12.8. The van der Waals surface area contributed by atoms with Crippen LogP contribution in [-0.4, -0.2) is 66.3 Å². The molecule has 0 saturated heterocycles. The van der Waals surface area contributed by atoms with Gasteiger partial charge in [0.2, 0.25) is 0 Å². The first-order chi connectivity index (χ1) is 11.8. The highest BCUT2D eigenvalue weighted by Crippen LogP contribution is 2.25. The Morgan fingerprint density at radius 3 is 0.800 bits per heavy atom. The molecule has 0 saturated carbocycles. The molecule has 0 radical (unpaired) electrons. The second kappa shape index (κ2) is 12.7. The number of hydrogen-bond donors (Lipinski definition) is 0. The van der Waals surface area contributed by atoms with Gasteiger partial charge in [0.25, 0.3) is 0 Å². The molecule has 0 atom stereocenters. The van der Waals surface area contributed by atoms with Crippen LogP contribution in [0, 0.1) is 0 Å². The van der Waals surface area contributed by atoms with Crippen molar-refractivity contribution in [2.45, 2.75) is 54.6 Å². The average molecular weight is 417 g/mol. The maximum Gasteiger partial charge on any atom is 0.670 e. The Balaban J connectivity index is 5.43. The van der Waals surface area contributed by atoms with E-state index in [2.05, 4.69) is 0 Å². The molecule has 0 unspecified atom stereocenters. The van der Waals surface area contributed by atoms with Crippen molar-refractivity contribution in [1.82, 2.24) is 0 Å². The highest BCUT2D eigenvalue weighted by molar-refractivity contribution is 6.80. The molecule has 0 rings (SSSR count). The van der Waals surface area contributed by atoms with Crippen molar-refractivity contribution >= 4 is 26.7 Å². The fourth-order valence-corrected chi connectivity index (χ4v) is 11.5. The molecule has 0 bridgehead atoms. The highest BCUT2D eigenvalue weighted by atomic mass is 28.5. The quantitative estimate of drug-likeness (QED) is 0.356. The van der Waals surface area contributed by atoms with Crippen LogP contribution in [0.3, 0.4) is 0 Å². The zero-order valence-corrected chi connectivity index (χ0v) is 20.0. The van der Waals surface area contributed by atoms with E-state index >= 15 is 0 Å². The predicted octanol–water partition coefficient (Wildman–Crippen LogP) is 2.81. The van der Waals surface area contributed by atoms with E-state index in [1.165, 1.54) is 0 Å². The average Bonchev–Trinajstić information content (AvgIpc) is 2.47. The molecule has 0 aromatic carbocycles. The fraction of sp³-hybridized carbons (Fsp3) is 1.00. The third-order valence-electron chi connectivity index (χ3n) is 2.67. The summed E-state index contributed by atoms with van der Waals surface area (Å²) in [7, 11) is -9.44. The highest BCUT2D eigenvalue weighted by Gasteiger charge is 2.56. The minimum absolute atomic E-state index is 0.418. The molecule has 0 aromatic rings. The van der Waals surface area contributed by atoms with Gasteiger partial charge in [0.15, 0.2) is 0 Å². The van der Waals surface area contributed by atoms with Crippen LogP contribution >= 0.6 is 0 Å². The fourth-order valence-electron chi connectivity index (χ4n) is 2.11. The Hall–Kier alpha value is 0.331. The van der Waals surface area contributed by atoms with Crippen molar-refractivity contribution in [2.24, 2.45) is 0 Å². The lowest BCUT2D eigenvalue weighted by Crippen LogP contribution is -2.62. The van der Waals surface area contributed by atoms with Crippen LogP contribution in [0.5, 0.6) is 0 Å². The minimum Gasteiger partial charge on any atom is -0.371 e. The van der Waals surface area contributed by atoms with Crippen molar-refractivity contribution in [2.75, 3.05) is 39.6 Å². The van der Waals surface area contributed by atoms with Gasteiger partial charge in [-0.05, 0) is 54.6 Å². The first-order valence-corrected chi connectivity index (χ1v) is 15.1.